The van der Waals surface area contributed by atoms with Crippen LogP contribution in [-0.4, -0.2) is 10.5 Å². The number of nitrogens with zero attached hydrogens (tertiary/aromatic N) is 1. The van der Waals surface area contributed by atoms with Crippen molar-refractivity contribution in [2.75, 3.05) is 0 Å². The summed E-state index contributed by atoms with van der Waals surface area (Å²) in [6.45, 7) is 0.331. The minimum Gasteiger partial charge on any atom is -0.467 e. The standard InChI is InChI=1S/C23H21FN2O2/c1-26-15-21(19-9-2-3-10-22(19)26)20(16-6-4-7-17(24)12-16)13-23(27)25-14-18-8-5-11-28-18/h2-12,15,20H,13-14H2,1H3,(H,25,27)/t20-/m1/s1. The number of halogens is 1. The first-order valence-electron chi connectivity index (χ1n) is 9.20. The number of furan rings is 1. The number of carbonyl (C=O) groups is 1. The zero-order valence-corrected chi connectivity index (χ0v) is 15.6. The highest BCUT2D eigenvalue weighted by molar-refractivity contribution is 5.86. The van der Waals surface area contributed by atoms with Gasteiger partial charge in [0.15, 0.2) is 0 Å². The number of fused-ring (bicyclic) bond motifs is 1. The molecule has 28 heavy (non-hydrogen) atoms. The van der Waals surface area contributed by atoms with Crippen molar-refractivity contribution in [1.82, 2.24) is 9.88 Å². The number of aryl methyl sites for hydroxylation is 1. The van der Waals surface area contributed by atoms with Gasteiger partial charge in [-0.25, -0.2) is 4.39 Å². The van der Waals surface area contributed by atoms with E-state index in [-0.39, 0.29) is 24.1 Å². The first-order valence-corrected chi connectivity index (χ1v) is 9.20. The molecule has 0 bridgehead atoms. The lowest BCUT2D eigenvalue weighted by molar-refractivity contribution is -0.121. The summed E-state index contributed by atoms with van der Waals surface area (Å²) in [5.41, 5.74) is 2.87. The van der Waals surface area contributed by atoms with E-state index >= 15 is 0 Å². The molecular weight excluding hydrogens is 355 g/mol. The molecule has 2 heterocycles. The lowest BCUT2D eigenvalue weighted by Crippen LogP contribution is -2.24. The topological polar surface area (TPSA) is 47.2 Å². The molecule has 0 aliphatic rings. The van der Waals surface area contributed by atoms with E-state index in [1.807, 2.05) is 54.2 Å². The van der Waals surface area contributed by atoms with E-state index < -0.39 is 0 Å². The van der Waals surface area contributed by atoms with Crippen LogP contribution in [0.3, 0.4) is 0 Å². The molecule has 0 unspecified atom stereocenters. The SMILES string of the molecule is Cn1cc([C@H](CC(=O)NCc2ccco2)c2cccc(F)c2)c2ccccc21. The molecule has 0 saturated heterocycles. The highest BCUT2D eigenvalue weighted by Gasteiger charge is 2.22. The molecule has 2 aromatic heterocycles. The van der Waals surface area contributed by atoms with Crippen molar-refractivity contribution < 1.29 is 13.6 Å². The second-order valence-corrected chi connectivity index (χ2v) is 6.88. The van der Waals surface area contributed by atoms with E-state index in [2.05, 4.69) is 5.32 Å². The van der Waals surface area contributed by atoms with Gasteiger partial charge in [0.1, 0.15) is 11.6 Å². The Morgan fingerprint density at radius 2 is 2.00 bits per heavy atom. The number of benzene rings is 2. The Kier molecular flexibility index (Phi) is 4.98. The first-order chi connectivity index (χ1) is 13.6. The van der Waals surface area contributed by atoms with E-state index in [1.54, 1.807) is 18.4 Å². The number of rotatable bonds is 6. The molecule has 0 fully saturated rings. The lowest BCUT2D eigenvalue weighted by atomic mass is 9.88. The fourth-order valence-corrected chi connectivity index (χ4v) is 3.64. The Morgan fingerprint density at radius 1 is 1.14 bits per heavy atom. The average Bonchev–Trinajstić information content (AvgIpc) is 3.33. The summed E-state index contributed by atoms with van der Waals surface area (Å²) in [7, 11) is 1.98. The average molecular weight is 376 g/mol. The molecule has 1 atom stereocenters. The quantitative estimate of drug-likeness (QED) is 0.528. The number of hydrogen-bond acceptors (Lipinski definition) is 2. The molecule has 1 N–H and O–H groups in total. The van der Waals surface area contributed by atoms with Crippen LogP contribution in [0, 0.1) is 5.82 Å². The number of hydrogen-bond donors (Lipinski definition) is 1. The predicted octanol–water partition coefficient (Wildman–Crippen LogP) is 4.75. The molecule has 1 amide bonds. The predicted molar refractivity (Wildman–Crippen MR) is 106 cm³/mol. The van der Waals surface area contributed by atoms with Crippen LogP contribution >= 0.6 is 0 Å². The van der Waals surface area contributed by atoms with Crippen LogP contribution in [0.15, 0.2) is 77.5 Å². The molecule has 4 nitrogen and oxygen atoms in total. The highest BCUT2D eigenvalue weighted by atomic mass is 19.1. The smallest absolute Gasteiger partial charge is 0.221 e. The zero-order valence-electron chi connectivity index (χ0n) is 15.6. The van der Waals surface area contributed by atoms with E-state index in [9.17, 15) is 9.18 Å². The zero-order chi connectivity index (χ0) is 19.5. The Hall–Kier alpha value is -3.34. The molecule has 0 spiro atoms. The molecule has 0 aliphatic heterocycles. The highest BCUT2D eigenvalue weighted by Crippen LogP contribution is 2.34. The van der Waals surface area contributed by atoms with Gasteiger partial charge in [-0.15, -0.1) is 0 Å². The molecule has 4 aromatic rings. The van der Waals surface area contributed by atoms with Gasteiger partial charge >= 0.3 is 0 Å². The third kappa shape index (κ3) is 3.69. The number of para-hydroxylation sites is 1. The van der Waals surface area contributed by atoms with Crippen molar-refractivity contribution >= 4 is 16.8 Å². The summed E-state index contributed by atoms with van der Waals surface area (Å²) in [6, 6.07) is 18.1. The third-order valence-electron chi connectivity index (χ3n) is 4.98. The molecule has 2 aromatic carbocycles. The Bertz CT molecular complexity index is 1100. The van der Waals surface area contributed by atoms with Gasteiger partial charge in [0.05, 0.1) is 12.8 Å². The second-order valence-electron chi connectivity index (χ2n) is 6.88. The van der Waals surface area contributed by atoms with Crippen molar-refractivity contribution in [3.63, 3.8) is 0 Å². The van der Waals surface area contributed by atoms with Gasteiger partial charge in [0, 0.05) is 36.5 Å². The Labute approximate surface area is 162 Å². The maximum atomic E-state index is 13.9. The molecule has 0 saturated carbocycles. The van der Waals surface area contributed by atoms with Gasteiger partial charge in [0.2, 0.25) is 5.91 Å². The maximum Gasteiger partial charge on any atom is 0.221 e. The van der Waals surface area contributed by atoms with Gasteiger partial charge in [-0.05, 0) is 41.5 Å². The summed E-state index contributed by atoms with van der Waals surface area (Å²) in [4.78, 5) is 12.7. The minimum absolute atomic E-state index is 0.112. The van der Waals surface area contributed by atoms with E-state index in [1.165, 1.54) is 12.1 Å². The number of amides is 1. The second kappa shape index (κ2) is 7.72. The van der Waals surface area contributed by atoms with Crippen LogP contribution < -0.4 is 5.32 Å². The number of carbonyl (C=O) groups excluding carboxylic acids is 1. The molecule has 4 rings (SSSR count). The molecule has 0 radical (unpaired) electrons. The molecular formula is C23H21FN2O2. The largest absolute Gasteiger partial charge is 0.467 e. The molecule has 5 heteroatoms. The van der Waals surface area contributed by atoms with Crippen LogP contribution in [0.1, 0.15) is 29.2 Å². The van der Waals surface area contributed by atoms with E-state index in [0.717, 1.165) is 22.0 Å². The van der Waals surface area contributed by atoms with Crippen LogP contribution in [0.25, 0.3) is 10.9 Å². The monoisotopic (exact) mass is 376 g/mol. The molecule has 142 valence electrons. The Morgan fingerprint density at radius 3 is 2.79 bits per heavy atom. The van der Waals surface area contributed by atoms with Crippen LogP contribution in [0.4, 0.5) is 4.39 Å². The summed E-state index contributed by atoms with van der Waals surface area (Å²) in [5.74, 6) is 0.0246. The van der Waals surface area contributed by atoms with Crippen LogP contribution in [0.2, 0.25) is 0 Å². The fraction of sp³-hybridized carbons (Fsp3) is 0.174. The first kappa shape index (κ1) is 18.0. The maximum absolute atomic E-state index is 13.9. The Balaban J connectivity index is 1.67. The number of nitrogens with one attached hydrogen (secondary N) is 1. The van der Waals surface area contributed by atoms with Gasteiger partial charge in [0.25, 0.3) is 0 Å². The summed E-state index contributed by atoms with van der Waals surface area (Å²) in [5, 5.41) is 3.96. The van der Waals surface area contributed by atoms with E-state index in [4.69, 9.17) is 4.42 Å². The van der Waals surface area contributed by atoms with Gasteiger partial charge in [-0.3, -0.25) is 4.79 Å². The van der Waals surface area contributed by atoms with Gasteiger partial charge in [-0.2, -0.15) is 0 Å². The van der Waals surface area contributed by atoms with Crippen molar-refractivity contribution in [2.24, 2.45) is 7.05 Å². The summed E-state index contributed by atoms with van der Waals surface area (Å²) < 4.78 is 21.2. The van der Waals surface area contributed by atoms with Crippen LogP contribution in [0.5, 0.6) is 0 Å². The van der Waals surface area contributed by atoms with Crippen molar-refractivity contribution in [2.45, 2.75) is 18.9 Å². The minimum atomic E-state index is -0.307. The summed E-state index contributed by atoms with van der Waals surface area (Å²) in [6.07, 6.45) is 3.82. The van der Waals surface area contributed by atoms with Gasteiger partial charge < -0.3 is 14.3 Å². The lowest BCUT2D eigenvalue weighted by Gasteiger charge is -2.17. The van der Waals surface area contributed by atoms with Crippen LogP contribution in [-0.2, 0) is 18.4 Å². The van der Waals surface area contributed by atoms with Crippen molar-refractivity contribution in [3.8, 4) is 0 Å². The number of aromatic nitrogens is 1. The normalized spacial score (nSPS) is 12.2. The van der Waals surface area contributed by atoms with Crippen molar-refractivity contribution in [3.05, 3.63) is 95.8 Å². The van der Waals surface area contributed by atoms with Crippen molar-refractivity contribution in [1.29, 1.82) is 0 Å². The van der Waals surface area contributed by atoms with E-state index in [0.29, 0.717) is 12.3 Å². The van der Waals surface area contributed by atoms with Gasteiger partial charge in [-0.1, -0.05) is 30.3 Å². The third-order valence-corrected chi connectivity index (χ3v) is 4.98. The molecule has 0 aliphatic carbocycles. The summed E-state index contributed by atoms with van der Waals surface area (Å²) >= 11 is 0. The fourth-order valence-electron chi connectivity index (χ4n) is 3.64.